The molecule has 20 heavy (non-hydrogen) atoms. The molecule has 0 bridgehead atoms. The fourth-order valence-electron chi connectivity index (χ4n) is 3.13. The first-order valence-electron chi connectivity index (χ1n) is 7.09. The highest BCUT2D eigenvalue weighted by atomic mass is 16.5. The van der Waals surface area contributed by atoms with Gasteiger partial charge in [-0.15, -0.1) is 0 Å². The Kier molecular flexibility index (Phi) is 3.56. The van der Waals surface area contributed by atoms with Crippen LogP contribution in [0.5, 0.6) is 0 Å². The molecule has 3 rings (SSSR count). The summed E-state index contributed by atoms with van der Waals surface area (Å²) >= 11 is 0. The minimum Gasteiger partial charge on any atom is -0.463 e. The largest absolute Gasteiger partial charge is 0.463 e. The number of fused-ring (bicyclic) bond motifs is 1. The van der Waals surface area contributed by atoms with Gasteiger partial charge in [-0.1, -0.05) is 0 Å². The van der Waals surface area contributed by atoms with Gasteiger partial charge >= 0.3 is 5.97 Å². The average Bonchev–Trinajstić information content (AvgIpc) is 2.89. The highest BCUT2D eigenvalue weighted by Gasteiger charge is 2.35. The van der Waals surface area contributed by atoms with E-state index in [-0.39, 0.29) is 5.82 Å². The van der Waals surface area contributed by atoms with Crippen LogP contribution in [-0.4, -0.2) is 48.7 Å². The molecule has 3 heterocycles. The molecule has 0 aromatic carbocycles. The Hall–Kier alpha value is -1.69. The van der Waals surface area contributed by atoms with Gasteiger partial charge in [0, 0.05) is 30.9 Å². The van der Waals surface area contributed by atoms with E-state index in [9.17, 15) is 4.79 Å². The van der Waals surface area contributed by atoms with E-state index in [1.165, 1.54) is 20.0 Å². The van der Waals surface area contributed by atoms with Crippen LogP contribution in [0.3, 0.4) is 0 Å². The highest BCUT2D eigenvalue weighted by molar-refractivity contribution is 5.85. The molecule has 1 N–H and O–H groups in total. The third-order valence-corrected chi connectivity index (χ3v) is 4.13. The number of ether oxygens (including phenoxy) is 1. The van der Waals surface area contributed by atoms with Gasteiger partial charge < -0.3 is 15.0 Å². The predicted octanol–water partition coefficient (Wildman–Crippen LogP) is 0.760. The molecule has 6 heteroatoms. The Balaban J connectivity index is 1.83. The molecule has 0 aliphatic carbocycles. The Bertz CT molecular complexity index is 506. The smallest absolute Gasteiger partial charge is 0.376 e. The van der Waals surface area contributed by atoms with Crippen LogP contribution in [-0.2, 0) is 4.74 Å². The maximum absolute atomic E-state index is 11.6. The molecule has 0 radical (unpaired) electrons. The fraction of sp³-hybridized carbons (Fsp3) is 0.643. The van der Waals surface area contributed by atoms with Gasteiger partial charge in [-0.25, -0.2) is 14.8 Å². The van der Waals surface area contributed by atoms with Crippen LogP contribution in [0, 0.1) is 12.8 Å². The second kappa shape index (κ2) is 5.36. The van der Waals surface area contributed by atoms with Crippen LogP contribution >= 0.6 is 0 Å². The molecule has 0 amide bonds. The van der Waals surface area contributed by atoms with Gasteiger partial charge in [0.1, 0.15) is 5.82 Å². The van der Waals surface area contributed by atoms with Crippen molar-refractivity contribution < 1.29 is 9.53 Å². The van der Waals surface area contributed by atoms with Gasteiger partial charge in [-0.2, -0.15) is 0 Å². The summed E-state index contributed by atoms with van der Waals surface area (Å²) in [6.07, 6.45) is 2.51. The van der Waals surface area contributed by atoms with Gasteiger partial charge in [0.15, 0.2) is 0 Å². The summed E-state index contributed by atoms with van der Waals surface area (Å²) in [4.78, 5) is 22.3. The van der Waals surface area contributed by atoms with Crippen LogP contribution in [0.15, 0.2) is 6.07 Å². The van der Waals surface area contributed by atoms with Crippen molar-refractivity contribution in [3.05, 3.63) is 17.6 Å². The molecule has 6 nitrogen and oxygen atoms in total. The topological polar surface area (TPSA) is 67.3 Å². The minimum absolute atomic E-state index is 0.144. The van der Waals surface area contributed by atoms with E-state index in [2.05, 4.69) is 20.2 Å². The summed E-state index contributed by atoms with van der Waals surface area (Å²) in [7, 11) is 1.35. The van der Waals surface area contributed by atoms with Crippen LogP contribution in [0.4, 0.5) is 5.82 Å². The third-order valence-electron chi connectivity index (χ3n) is 4.13. The molecule has 1 aromatic heterocycles. The van der Waals surface area contributed by atoms with Crippen molar-refractivity contribution in [2.24, 2.45) is 5.92 Å². The third kappa shape index (κ3) is 2.47. The number of esters is 1. The molecule has 2 aliphatic rings. The van der Waals surface area contributed by atoms with Crippen molar-refractivity contribution in [1.82, 2.24) is 15.3 Å². The number of aryl methyl sites for hydroxylation is 1. The Morgan fingerprint density at radius 2 is 2.30 bits per heavy atom. The van der Waals surface area contributed by atoms with Crippen molar-refractivity contribution in [2.45, 2.75) is 25.8 Å². The summed E-state index contributed by atoms with van der Waals surface area (Å²) in [6, 6.07) is 2.48. The normalized spacial score (nSPS) is 25.4. The number of carbonyl (C=O) groups excluding carboxylic acids is 1. The van der Waals surface area contributed by atoms with E-state index in [1.54, 1.807) is 0 Å². The van der Waals surface area contributed by atoms with Crippen molar-refractivity contribution >= 4 is 11.8 Å². The quantitative estimate of drug-likeness (QED) is 0.804. The molecular weight excluding hydrogens is 256 g/mol. The maximum Gasteiger partial charge on any atom is 0.376 e. The summed E-state index contributed by atoms with van der Waals surface area (Å²) < 4.78 is 4.71. The number of methoxy groups -OCH3 is 1. The van der Waals surface area contributed by atoms with E-state index in [0.717, 1.165) is 31.1 Å². The molecule has 0 unspecified atom stereocenters. The Morgan fingerprint density at radius 1 is 1.45 bits per heavy atom. The molecule has 2 fully saturated rings. The maximum atomic E-state index is 11.6. The monoisotopic (exact) mass is 276 g/mol. The first kappa shape index (κ1) is 13.3. The molecule has 2 atom stereocenters. The van der Waals surface area contributed by atoms with Gasteiger partial charge in [0.05, 0.1) is 7.11 Å². The highest BCUT2D eigenvalue weighted by Crippen LogP contribution is 2.28. The van der Waals surface area contributed by atoms with E-state index in [4.69, 9.17) is 4.74 Å². The van der Waals surface area contributed by atoms with Crippen LogP contribution in [0.1, 0.15) is 29.2 Å². The number of carbonyl (C=O) groups is 1. The lowest BCUT2D eigenvalue weighted by molar-refractivity contribution is 0.0586. The molecule has 2 saturated heterocycles. The summed E-state index contributed by atoms with van der Waals surface area (Å²) in [5, 5.41) is 3.57. The number of aromatic nitrogens is 2. The lowest BCUT2D eigenvalue weighted by Gasteiger charge is -2.24. The number of rotatable bonds is 2. The summed E-state index contributed by atoms with van der Waals surface area (Å²) in [6.45, 7) is 4.92. The van der Waals surface area contributed by atoms with Crippen LogP contribution in [0.25, 0.3) is 0 Å². The molecule has 0 saturated carbocycles. The van der Waals surface area contributed by atoms with Gasteiger partial charge in [0.25, 0.3) is 0 Å². The average molecular weight is 276 g/mol. The molecule has 108 valence electrons. The van der Waals surface area contributed by atoms with E-state index in [0.29, 0.717) is 12.0 Å². The van der Waals surface area contributed by atoms with Crippen LogP contribution in [0.2, 0.25) is 0 Å². The predicted molar refractivity (Wildman–Crippen MR) is 74.8 cm³/mol. The first-order valence-corrected chi connectivity index (χ1v) is 7.09. The molecular formula is C14H20N4O2. The Labute approximate surface area is 118 Å². The van der Waals surface area contributed by atoms with E-state index >= 15 is 0 Å². The second-order valence-corrected chi connectivity index (χ2v) is 5.55. The molecule has 1 aromatic rings. The zero-order chi connectivity index (χ0) is 14.1. The minimum atomic E-state index is -0.482. The van der Waals surface area contributed by atoms with E-state index < -0.39 is 5.97 Å². The summed E-state index contributed by atoms with van der Waals surface area (Å²) in [5.74, 6) is 1.17. The zero-order valence-corrected chi connectivity index (χ0v) is 11.9. The number of piperidine rings is 1. The number of nitrogens with one attached hydrogen (secondary N) is 1. The Morgan fingerprint density at radius 3 is 3.05 bits per heavy atom. The van der Waals surface area contributed by atoms with Crippen molar-refractivity contribution in [3.8, 4) is 0 Å². The van der Waals surface area contributed by atoms with Crippen molar-refractivity contribution in [2.75, 3.05) is 31.6 Å². The molecule has 2 aliphatic heterocycles. The number of anilines is 1. The second-order valence-electron chi connectivity index (χ2n) is 5.55. The lowest BCUT2D eigenvalue weighted by Crippen LogP contribution is -2.40. The molecule has 0 spiro atoms. The number of hydrogen-bond acceptors (Lipinski definition) is 6. The SMILES string of the molecule is COC(=O)c1nc(C)cc(N2C[C@@H]3CCCN[C@@H]3C2)n1. The van der Waals surface area contributed by atoms with Crippen molar-refractivity contribution in [3.63, 3.8) is 0 Å². The van der Waals surface area contributed by atoms with Gasteiger partial charge in [-0.3, -0.25) is 0 Å². The first-order chi connectivity index (χ1) is 9.67. The van der Waals surface area contributed by atoms with Gasteiger partial charge in [-0.05, 0) is 32.2 Å². The fourth-order valence-corrected chi connectivity index (χ4v) is 3.13. The number of nitrogens with zero attached hydrogens (tertiary/aromatic N) is 3. The van der Waals surface area contributed by atoms with E-state index in [1.807, 2.05) is 13.0 Å². The van der Waals surface area contributed by atoms with Gasteiger partial charge in [0.2, 0.25) is 5.82 Å². The standard InChI is InChI=1S/C14H20N4O2/c1-9-6-12(17-13(16-9)14(19)20-2)18-7-10-4-3-5-15-11(10)8-18/h6,10-11,15H,3-5,7-8H2,1-2H3/t10-,11+/m0/s1. The summed E-state index contributed by atoms with van der Waals surface area (Å²) in [5.41, 5.74) is 0.790. The number of hydrogen-bond donors (Lipinski definition) is 1. The van der Waals surface area contributed by atoms with Crippen molar-refractivity contribution in [1.29, 1.82) is 0 Å². The zero-order valence-electron chi connectivity index (χ0n) is 11.9. The lowest BCUT2D eigenvalue weighted by atomic mass is 9.94. The van der Waals surface area contributed by atoms with Crippen LogP contribution < -0.4 is 10.2 Å².